The monoisotopic (exact) mass is 483 g/mol. The summed E-state index contributed by atoms with van der Waals surface area (Å²) >= 11 is 0. The van der Waals surface area contributed by atoms with Crippen molar-refractivity contribution < 1.29 is 27.1 Å². The molecular formula is C24H22FN3O5S. The minimum Gasteiger partial charge on any atom is -0.486 e. The summed E-state index contributed by atoms with van der Waals surface area (Å²) in [6.45, 7) is 2.06. The van der Waals surface area contributed by atoms with Gasteiger partial charge in [-0.2, -0.15) is 5.10 Å². The third-order valence-electron chi connectivity index (χ3n) is 5.04. The fourth-order valence-electron chi connectivity index (χ4n) is 3.29. The number of amides is 1. The van der Waals surface area contributed by atoms with E-state index in [1.807, 2.05) is 0 Å². The minimum absolute atomic E-state index is 0.00286. The number of hydrogen-bond acceptors (Lipinski definition) is 6. The first-order chi connectivity index (χ1) is 16.3. The Morgan fingerprint density at radius 1 is 1.00 bits per heavy atom. The fourth-order valence-corrected chi connectivity index (χ4v) is 4.73. The van der Waals surface area contributed by atoms with Gasteiger partial charge in [0.1, 0.15) is 25.6 Å². The zero-order valence-electron chi connectivity index (χ0n) is 18.3. The van der Waals surface area contributed by atoms with Crippen LogP contribution >= 0.6 is 0 Å². The highest BCUT2D eigenvalue weighted by atomic mass is 32.2. The van der Waals surface area contributed by atoms with Crippen LogP contribution < -0.4 is 19.2 Å². The summed E-state index contributed by atoms with van der Waals surface area (Å²) in [5.41, 5.74) is 3.73. The first-order valence-electron chi connectivity index (χ1n) is 10.4. The van der Waals surface area contributed by atoms with Gasteiger partial charge in [-0.05, 0) is 61.5 Å². The number of fused-ring (bicyclic) bond motifs is 1. The number of anilines is 1. The predicted molar refractivity (Wildman–Crippen MR) is 125 cm³/mol. The molecule has 1 amide bonds. The third kappa shape index (κ3) is 5.18. The zero-order valence-corrected chi connectivity index (χ0v) is 19.1. The third-order valence-corrected chi connectivity index (χ3v) is 6.83. The van der Waals surface area contributed by atoms with Crippen molar-refractivity contribution in [2.75, 3.05) is 24.1 Å². The Morgan fingerprint density at radius 2 is 1.68 bits per heavy atom. The van der Waals surface area contributed by atoms with E-state index in [9.17, 15) is 17.6 Å². The molecule has 10 heteroatoms. The summed E-state index contributed by atoms with van der Waals surface area (Å²) in [5, 5.41) is 4.10. The van der Waals surface area contributed by atoms with Gasteiger partial charge in [-0.15, -0.1) is 0 Å². The molecule has 0 aliphatic carbocycles. The number of nitrogens with one attached hydrogen (secondary N) is 1. The number of sulfonamides is 1. The summed E-state index contributed by atoms with van der Waals surface area (Å²) in [6.07, 6.45) is 0. The number of hydrogen-bond donors (Lipinski definition) is 1. The van der Waals surface area contributed by atoms with Gasteiger partial charge in [0.2, 0.25) is 0 Å². The number of carbonyl (C=O) groups excluding carboxylic acids is 1. The van der Waals surface area contributed by atoms with Gasteiger partial charge in [0, 0.05) is 5.56 Å². The van der Waals surface area contributed by atoms with E-state index in [0.29, 0.717) is 36.0 Å². The molecule has 0 saturated heterocycles. The summed E-state index contributed by atoms with van der Waals surface area (Å²) in [7, 11) is -4.09. The first-order valence-corrected chi connectivity index (χ1v) is 11.8. The van der Waals surface area contributed by atoms with Crippen LogP contribution in [0.5, 0.6) is 11.5 Å². The van der Waals surface area contributed by atoms with E-state index in [4.69, 9.17) is 9.47 Å². The molecule has 1 N–H and O–H groups in total. The lowest BCUT2D eigenvalue weighted by Gasteiger charge is -2.23. The molecule has 0 bridgehead atoms. The van der Waals surface area contributed by atoms with Crippen LogP contribution in [0.2, 0.25) is 0 Å². The second-order valence-corrected chi connectivity index (χ2v) is 9.25. The van der Waals surface area contributed by atoms with Crippen LogP contribution in [0.25, 0.3) is 0 Å². The van der Waals surface area contributed by atoms with Crippen LogP contribution in [0.3, 0.4) is 0 Å². The Bertz CT molecular complexity index is 1310. The van der Waals surface area contributed by atoms with E-state index >= 15 is 0 Å². The molecule has 34 heavy (non-hydrogen) atoms. The normalized spacial score (nSPS) is 13.3. The molecule has 0 unspecified atom stereocenters. The van der Waals surface area contributed by atoms with E-state index in [0.717, 1.165) is 16.4 Å². The molecule has 3 aromatic carbocycles. The number of nitrogens with zero attached hydrogens (tertiary/aromatic N) is 2. The molecule has 8 nitrogen and oxygen atoms in total. The van der Waals surface area contributed by atoms with Crippen LogP contribution in [0.15, 0.2) is 82.8 Å². The van der Waals surface area contributed by atoms with Crippen molar-refractivity contribution in [3.8, 4) is 11.5 Å². The van der Waals surface area contributed by atoms with Crippen molar-refractivity contribution in [1.29, 1.82) is 0 Å². The van der Waals surface area contributed by atoms with Gasteiger partial charge in [-0.3, -0.25) is 9.10 Å². The largest absolute Gasteiger partial charge is 0.486 e. The van der Waals surface area contributed by atoms with Crippen LogP contribution in [0.4, 0.5) is 10.1 Å². The van der Waals surface area contributed by atoms with E-state index < -0.39 is 28.3 Å². The Labute approximate surface area is 196 Å². The lowest BCUT2D eigenvalue weighted by molar-refractivity contribution is -0.119. The smallest absolute Gasteiger partial charge is 0.264 e. The first kappa shape index (κ1) is 23.2. The number of carbonyl (C=O) groups is 1. The van der Waals surface area contributed by atoms with Crippen LogP contribution in [0.1, 0.15) is 12.5 Å². The lowest BCUT2D eigenvalue weighted by atomic mass is 10.1. The van der Waals surface area contributed by atoms with Gasteiger partial charge in [-0.1, -0.05) is 18.2 Å². The molecule has 176 valence electrons. The molecule has 0 saturated carbocycles. The molecule has 0 aromatic heterocycles. The van der Waals surface area contributed by atoms with Gasteiger partial charge in [0.25, 0.3) is 15.9 Å². The number of rotatable bonds is 7. The summed E-state index contributed by atoms with van der Waals surface area (Å²) in [5.74, 6) is 0.0274. The summed E-state index contributed by atoms with van der Waals surface area (Å²) < 4.78 is 51.9. The summed E-state index contributed by atoms with van der Waals surface area (Å²) in [6, 6.07) is 17.8. The van der Waals surface area contributed by atoms with Crippen molar-refractivity contribution in [3.63, 3.8) is 0 Å². The standard InChI is InChI=1S/C24H22FN3O5S/c1-17(18-7-12-22-23(15-18)33-14-13-32-22)26-27-24(29)16-28(20-10-8-19(25)9-11-20)34(30,31)21-5-3-2-4-6-21/h2-12,15H,13-14,16H2,1H3,(H,27,29)/b26-17-. The molecule has 0 spiro atoms. The number of benzene rings is 3. The quantitative estimate of drug-likeness (QED) is 0.411. The van der Waals surface area contributed by atoms with Gasteiger partial charge >= 0.3 is 0 Å². The minimum atomic E-state index is -4.09. The Balaban J connectivity index is 1.54. The molecule has 1 heterocycles. The average molecular weight is 484 g/mol. The van der Waals surface area contributed by atoms with Gasteiger partial charge in [-0.25, -0.2) is 18.2 Å². The van der Waals surface area contributed by atoms with Crippen molar-refractivity contribution in [2.24, 2.45) is 5.10 Å². The second kappa shape index (κ2) is 9.92. The number of halogens is 1. The predicted octanol–water partition coefficient (Wildman–Crippen LogP) is 3.33. The maximum Gasteiger partial charge on any atom is 0.264 e. The molecular weight excluding hydrogens is 461 g/mol. The van der Waals surface area contributed by atoms with Gasteiger partial charge in [0.05, 0.1) is 16.3 Å². The number of ether oxygens (including phenoxy) is 2. The van der Waals surface area contributed by atoms with Gasteiger partial charge < -0.3 is 9.47 Å². The van der Waals surface area contributed by atoms with Crippen LogP contribution in [-0.2, 0) is 14.8 Å². The highest BCUT2D eigenvalue weighted by Gasteiger charge is 2.27. The number of hydrazone groups is 1. The molecule has 4 rings (SSSR count). The van der Waals surface area contributed by atoms with E-state index in [-0.39, 0.29) is 10.6 Å². The molecule has 1 aliphatic heterocycles. The Hall–Kier alpha value is -3.92. The van der Waals surface area contributed by atoms with E-state index in [1.165, 1.54) is 24.3 Å². The highest BCUT2D eigenvalue weighted by molar-refractivity contribution is 7.92. The van der Waals surface area contributed by atoms with Crippen molar-refractivity contribution >= 4 is 27.3 Å². The topological polar surface area (TPSA) is 97.3 Å². The molecule has 3 aromatic rings. The maximum absolute atomic E-state index is 13.4. The molecule has 0 atom stereocenters. The lowest BCUT2D eigenvalue weighted by Crippen LogP contribution is -2.39. The van der Waals surface area contributed by atoms with Crippen molar-refractivity contribution in [2.45, 2.75) is 11.8 Å². The molecule has 1 aliphatic rings. The van der Waals surface area contributed by atoms with E-state index in [1.54, 1.807) is 43.3 Å². The fraction of sp³-hybridized carbons (Fsp3) is 0.167. The van der Waals surface area contributed by atoms with E-state index in [2.05, 4.69) is 10.5 Å². The van der Waals surface area contributed by atoms with Crippen LogP contribution in [0, 0.1) is 5.82 Å². The van der Waals surface area contributed by atoms with Gasteiger partial charge in [0.15, 0.2) is 11.5 Å². The van der Waals surface area contributed by atoms with Crippen molar-refractivity contribution in [1.82, 2.24) is 5.43 Å². The Kier molecular flexibility index (Phi) is 6.78. The van der Waals surface area contributed by atoms with Crippen LogP contribution in [-0.4, -0.2) is 39.8 Å². The maximum atomic E-state index is 13.4. The van der Waals surface area contributed by atoms with Crippen molar-refractivity contribution in [3.05, 3.63) is 84.2 Å². The molecule has 0 radical (unpaired) electrons. The average Bonchev–Trinajstić information content (AvgIpc) is 2.86. The molecule has 0 fully saturated rings. The highest BCUT2D eigenvalue weighted by Crippen LogP contribution is 2.31. The second-order valence-electron chi connectivity index (χ2n) is 7.39. The zero-order chi connectivity index (χ0) is 24.1. The SMILES string of the molecule is C/C(=N/NC(=O)CN(c1ccc(F)cc1)S(=O)(=O)c1ccccc1)c1ccc2c(c1)OCCO2. The Morgan fingerprint density at radius 3 is 2.38 bits per heavy atom. The summed E-state index contributed by atoms with van der Waals surface area (Å²) in [4.78, 5) is 12.7.